The standard InChI is InChI=1S/C21H22N2O5S2/c1-2-15(19(25)21-23-16-10-6-7-11-18(16)29-21)22-20(26)17(24)13-30(27,28)12-14-8-4-3-5-9-14/h3-11,15,17,24H,2,12-13H2,1H3,(H,22,26)/t15-,17-/m1/s1. The molecule has 0 aliphatic carbocycles. The number of para-hydroxylation sites is 1. The molecule has 1 amide bonds. The zero-order valence-electron chi connectivity index (χ0n) is 16.3. The zero-order chi connectivity index (χ0) is 21.7. The lowest BCUT2D eigenvalue weighted by atomic mass is 10.1. The summed E-state index contributed by atoms with van der Waals surface area (Å²) in [4.78, 5) is 29.4. The minimum atomic E-state index is -3.72. The number of sulfone groups is 1. The third-order valence-corrected chi connectivity index (χ3v) is 7.14. The van der Waals surface area contributed by atoms with E-state index in [-0.39, 0.29) is 23.0 Å². The van der Waals surface area contributed by atoms with Crippen LogP contribution in [0.4, 0.5) is 0 Å². The van der Waals surface area contributed by atoms with E-state index in [4.69, 9.17) is 0 Å². The van der Waals surface area contributed by atoms with E-state index in [0.717, 1.165) is 4.70 Å². The van der Waals surface area contributed by atoms with Gasteiger partial charge in [0.15, 0.2) is 14.8 Å². The van der Waals surface area contributed by atoms with Crippen LogP contribution >= 0.6 is 11.3 Å². The normalized spacial score (nSPS) is 13.7. The Kier molecular flexibility index (Phi) is 6.96. The number of hydrogen-bond acceptors (Lipinski definition) is 7. The number of ketones is 1. The summed E-state index contributed by atoms with van der Waals surface area (Å²) in [6, 6.07) is 14.9. The van der Waals surface area contributed by atoms with Gasteiger partial charge in [0.1, 0.15) is 6.10 Å². The number of carbonyl (C=O) groups is 2. The smallest absolute Gasteiger partial charge is 0.250 e. The Balaban J connectivity index is 1.64. The molecule has 158 valence electrons. The predicted molar refractivity (Wildman–Crippen MR) is 116 cm³/mol. The summed E-state index contributed by atoms with van der Waals surface area (Å²) in [7, 11) is -3.72. The number of benzene rings is 2. The van der Waals surface area contributed by atoms with Crippen molar-refractivity contribution in [3.8, 4) is 0 Å². The quantitative estimate of drug-likeness (QED) is 0.488. The number of aliphatic hydroxyl groups is 1. The van der Waals surface area contributed by atoms with E-state index >= 15 is 0 Å². The van der Waals surface area contributed by atoms with Crippen LogP contribution in [0.1, 0.15) is 28.7 Å². The van der Waals surface area contributed by atoms with Crippen molar-refractivity contribution in [1.29, 1.82) is 0 Å². The Morgan fingerprint density at radius 3 is 2.43 bits per heavy atom. The molecule has 0 aliphatic heterocycles. The highest BCUT2D eigenvalue weighted by Gasteiger charge is 2.29. The third kappa shape index (κ3) is 5.50. The molecule has 9 heteroatoms. The van der Waals surface area contributed by atoms with Gasteiger partial charge in [-0.25, -0.2) is 13.4 Å². The number of aliphatic hydroxyl groups excluding tert-OH is 1. The molecule has 0 fully saturated rings. The number of rotatable bonds is 9. The fourth-order valence-electron chi connectivity index (χ4n) is 2.95. The molecular weight excluding hydrogens is 424 g/mol. The van der Waals surface area contributed by atoms with Crippen LogP contribution in [-0.4, -0.2) is 48.1 Å². The number of aromatic nitrogens is 1. The van der Waals surface area contributed by atoms with Gasteiger partial charge in [-0.15, -0.1) is 11.3 Å². The molecule has 30 heavy (non-hydrogen) atoms. The highest BCUT2D eigenvalue weighted by Crippen LogP contribution is 2.23. The summed E-state index contributed by atoms with van der Waals surface area (Å²) in [6.07, 6.45) is -1.49. The van der Waals surface area contributed by atoms with Gasteiger partial charge >= 0.3 is 0 Å². The SMILES string of the molecule is CC[C@@H](NC(=O)[C@H](O)CS(=O)(=O)Cc1ccccc1)C(=O)c1nc2ccccc2s1. The lowest BCUT2D eigenvalue weighted by Gasteiger charge is -2.17. The van der Waals surface area contributed by atoms with Crippen molar-refractivity contribution >= 4 is 43.1 Å². The predicted octanol–water partition coefficient (Wildman–Crippen LogP) is 2.35. The summed E-state index contributed by atoms with van der Waals surface area (Å²) in [5.74, 6) is -2.26. The minimum Gasteiger partial charge on any atom is -0.382 e. The molecule has 7 nitrogen and oxygen atoms in total. The Bertz CT molecular complexity index is 1110. The summed E-state index contributed by atoms with van der Waals surface area (Å²) < 4.78 is 25.5. The first kappa shape index (κ1) is 22.1. The highest BCUT2D eigenvalue weighted by molar-refractivity contribution is 7.90. The first-order chi connectivity index (χ1) is 14.3. The average molecular weight is 447 g/mol. The van der Waals surface area contributed by atoms with Crippen LogP contribution in [0.5, 0.6) is 0 Å². The number of hydrogen-bond donors (Lipinski definition) is 2. The van der Waals surface area contributed by atoms with Crippen LogP contribution in [0, 0.1) is 0 Å². The van der Waals surface area contributed by atoms with Gasteiger partial charge in [-0.1, -0.05) is 49.4 Å². The molecule has 0 radical (unpaired) electrons. The summed E-state index contributed by atoms with van der Waals surface area (Å²) in [6.45, 7) is 1.72. The molecule has 0 aliphatic rings. The molecule has 2 aromatic carbocycles. The molecule has 0 unspecified atom stereocenters. The van der Waals surface area contributed by atoms with Crippen LogP contribution in [0.3, 0.4) is 0 Å². The molecule has 2 atom stereocenters. The second kappa shape index (κ2) is 9.46. The number of fused-ring (bicyclic) bond motifs is 1. The Morgan fingerprint density at radius 1 is 1.10 bits per heavy atom. The van der Waals surface area contributed by atoms with E-state index in [0.29, 0.717) is 11.1 Å². The number of nitrogens with one attached hydrogen (secondary N) is 1. The van der Waals surface area contributed by atoms with Crippen LogP contribution in [0.25, 0.3) is 10.2 Å². The molecule has 0 spiro atoms. The summed E-state index contributed by atoms with van der Waals surface area (Å²) in [5, 5.41) is 12.8. The monoisotopic (exact) mass is 446 g/mol. The van der Waals surface area contributed by atoms with Crippen LogP contribution in [0.2, 0.25) is 0 Å². The van der Waals surface area contributed by atoms with E-state index in [9.17, 15) is 23.1 Å². The van der Waals surface area contributed by atoms with Gasteiger partial charge in [-0.2, -0.15) is 0 Å². The molecule has 1 heterocycles. The minimum absolute atomic E-state index is 0.259. The molecule has 0 saturated carbocycles. The molecule has 0 bridgehead atoms. The van der Waals surface area contributed by atoms with E-state index < -0.39 is 33.6 Å². The maximum Gasteiger partial charge on any atom is 0.250 e. The molecule has 3 aromatic rings. The van der Waals surface area contributed by atoms with Crippen molar-refractivity contribution in [3.63, 3.8) is 0 Å². The van der Waals surface area contributed by atoms with Crippen LogP contribution in [0.15, 0.2) is 54.6 Å². The summed E-state index contributed by atoms with van der Waals surface area (Å²) in [5.41, 5.74) is 1.27. The van der Waals surface area contributed by atoms with Gasteiger partial charge in [0.2, 0.25) is 11.7 Å². The van der Waals surface area contributed by atoms with Crippen molar-refractivity contribution in [2.24, 2.45) is 0 Å². The Labute approximate surface area is 178 Å². The Morgan fingerprint density at radius 2 is 1.77 bits per heavy atom. The van der Waals surface area contributed by atoms with Gasteiger partial charge in [-0.3, -0.25) is 9.59 Å². The Hall–Kier alpha value is -2.62. The fraction of sp³-hybridized carbons (Fsp3) is 0.286. The lowest BCUT2D eigenvalue weighted by Crippen LogP contribution is -2.47. The number of Topliss-reactive ketones (excluding diaryl/α,β-unsaturated/α-hetero) is 1. The molecule has 2 N–H and O–H groups in total. The molecular formula is C21H22N2O5S2. The van der Waals surface area contributed by atoms with Gasteiger partial charge in [0.05, 0.1) is 27.8 Å². The average Bonchev–Trinajstić information content (AvgIpc) is 3.15. The van der Waals surface area contributed by atoms with Crippen LogP contribution in [-0.2, 0) is 20.4 Å². The number of nitrogens with zero attached hydrogens (tertiary/aromatic N) is 1. The maximum absolute atomic E-state index is 12.8. The van der Waals surface area contributed by atoms with Gasteiger partial charge in [0, 0.05) is 0 Å². The van der Waals surface area contributed by atoms with E-state index in [1.54, 1.807) is 43.3 Å². The number of amides is 1. The fourth-order valence-corrected chi connectivity index (χ4v) is 5.36. The highest BCUT2D eigenvalue weighted by atomic mass is 32.2. The largest absolute Gasteiger partial charge is 0.382 e. The van der Waals surface area contributed by atoms with E-state index in [1.165, 1.54) is 11.3 Å². The van der Waals surface area contributed by atoms with Crippen molar-refractivity contribution < 1.29 is 23.1 Å². The second-order valence-electron chi connectivity index (χ2n) is 6.88. The second-order valence-corrected chi connectivity index (χ2v) is 10.0. The first-order valence-electron chi connectivity index (χ1n) is 9.41. The molecule has 3 rings (SSSR count). The van der Waals surface area contributed by atoms with Crippen molar-refractivity contribution in [3.05, 3.63) is 65.2 Å². The van der Waals surface area contributed by atoms with Crippen molar-refractivity contribution in [2.75, 3.05) is 5.75 Å². The number of carbonyl (C=O) groups excluding carboxylic acids is 2. The number of thiazole rings is 1. The third-order valence-electron chi connectivity index (χ3n) is 4.49. The van der Waals surface area contributed by atoms with Crippen LogP contribution < -0.4 is 5.32 Å². The van der Waals surface area contributed by atoms with Crippen molar-refractivity contribution in [2.45, 2.75) is 31.2 Å². The maximum atomic E-state index is 12.8. The molecule has 1 aromatic heterocycles. The van der Waals surface area contributed by atoms with E-state index in [2.05, 4.69) is 10.3 Å². The van der Waals surface area contributed by atoms with Gasteiger partial charge in [-0.05, 0) is 24.1 Å². The summed E-state index contributed by atoms with van der Waals surface area (Å²) >= 11 is 1.23. The lowest BCUT2D eigenvalue weighted by molar-refractivity contribution is -0.128. The first-order valence-corrected chi connectivity index (χ1v) is 12.1. The topological polar surface area (TPSA) is 113 Å². The van der Waals surface area contributed by atoms with Crippen molar-refractivity contribution in [1.82, 2.24) is 10.3 Å². The molecule has 0 saturated heterocycles. The van der Waals surface area contributed by atoms with Gasteiger partial charge < -0.3 is 10.4 Å². The zero-order valence-corrected chi connectivity index (χ0v) is 17.9. The van der Waals surface area contributed by atoms with E-state index in [1.807, 2.05) is 18.2 Å². The van der Waals surface area contributed by atoms with Gasteiger partial charge in [0.25, 0.3) is 0 Å².